The Labute approximate surface area is 278 Å². The standard InChI is InChI=1S/C34H26N4O8P2/c1-40-25-14-15-31(33(20-25)46-48(43-28-10-6-18-37-23-28)44-29-11-7-19-38-24-29)34(39)30-12-2-3-13-32(30)45-47(41-26-8-4-16-35-21-26)42-27-9-5-17-36-22-27/h2-24H,1H3. The lowest BCUT2D eigenvalue weighted by Gasteiger charge is -2.20. The van der Waals surface area contributed by atoms with E-state index < -0.39 is 23.0 Å². The maximum Gasteiger partial charge on any atom is 0.530 e. The van der Waals surface area contributed by atoms with Crippen molar-refractivity contribution in [2.45, 2.75) is 0 Å². The highest BCUT2D eigenvalue weighted by atomic mass is 31.2. The van der Waals surface area contributed by atoms with Crippen molar-refractivity contribution in [2.24, 2.45) is 0 Å². The van der Waals surface area contributed by atoms with Crippen LogP contribution < -0.4 is 31.9 Å². The van der Waals surface area contributed by atoms with E-state index in [9.17, 15) is 4.79 Å². The summed E-state index contributed by atoms with van der Waals surface area (Å²) in [5, 5.41) is 0. The zero-order valence-electron chi connectivity index (χ0n) is 25.2. The molecule has 4 aromatic heterocycles. The molecule has 0 aliphatic rings. The highest BCUT2D eigenvalue weighted by Gasteiger charge is 2.28. The van der Waals surface area contributed by atoms with Crippen molar-refractivity contribution in [3.8, 4) is 40.2 Å². The minimum atomic E-state index is -2.16. The smallest absolute Gasteiger partial charge is 0.497 e. The van der Waals surface area contributed by atoms with Crippen LogP contribution in [0.2, 0.25) is 0 Å². The number of methoxy groups -OCH3 is 1. The van der Waals surface area contributed by atoms with Crippen LogP contribution in [0.3, 0.4) is 0 Å². The fourth-order valence-electron chi connectivity index (χ4n) is 3.99. The van der Waals surface area contributed by atoms with Crippen LogP contribution in [0.4, 0.5) is 0 Å². The Hall–Kier alpha value is -5.83. The van der Waals surface area contributed by atoms with E-state index in [1.165, 1.54) is 31.9 Å². The molecule has 2 aromatic carbocycles. The van der Waals surface area contributed by atoms with E-state index in [1.807, 2.05) is 0 Å². The Morgan fingerprint density at radius 2 is 0.917 bits per heavy atom. The second-order valence-electron chi connectivity index (χ2n) is 9.44. The van der Waals surface area contributed by atoms with Gasteiger partial charge in [-0.1, -0.05) is 12.1 Å². The van der Waals surface area contributed by atoms with Crippen LogP contribution in [0.1, 0.15) is 15.9 Å². The number of para-hydroxylation sites is 1. The van der Waals surface area contributed by atoms with E-state index in [0.717, 1.165) is 0 Å². The van der Waals surface area contributed by atoms with Gasteiger partial charge in [0, 0.05) is 30.9 Å². The van der Waals surface area contributed by atoms with Gasteiger partial charge >= 0.3 is 17.2 Å². The number of carbonyl (C=O) groups excluding carboxylic acids is 1. The lowest BCUT2D eigenvalue weighted by Crippen LogP contribution is -2.10. The molecular weight excluding hydrogens is 654 g/mol. The lowest BCUT2D eigenvalue weighted by molar-refractivity contribution is 0.103. The van der Waals surface area contributed by atoms with Crippen LogP contribution in [0.5, 0.6) is 40.2 Å². The molecule has 0 saturated carbocycles. The Kier molecular flexibility index (Phi) is 10.8. The molecule has 14 heteroatoms. The van der Waals surface area contributed by atoms with Crippen LogP contribution in [0.25, 0.3) is 0 Å². The summed E-state index contributed by atoms with van der Waals surface area (Å²) in [7, 11) is -2.77. The maximum absolute atomic E-state index is 14.3. The fourth-order valence-corrected chi connectivity index (χ4v) is 5.97. The topological polar surface area (TPSA) is 133 Å². The quantitative estimate of drug-likeness (QED) is 0.0768. The number of ketones is 1. The van der Waals surface area contributed by atoms with E-state index in [0.29, 0.717) is 28.7 Å². The number of ether oxygens (including phenoxy) is 1. The van der Waals surface area contributed by atoms with E-state index in [4.69, 9.17) is 31.9 Å². The molecule has 0 fully saturated rings. The molecule has 0 spiro atoms. The molecule has 0 atom stereocenters. The van der Waals surface area contributed by atoms with Crippen molar-refractivity contribution in [3.63, 3.8) is 0 Å². The first-order valence-corrected chi connectivity index (χ1v) is 16.4. The number of rotatable bonds is 15. The van der Waals surface area contributed by atoms with E-state index in [1.54, 1.807) is 116 Å². The number of aromatic nitrogens is 4. The molecule has 0 bridgehead atoms. The van der Waals surface area contributed by atoms with Crippen LogP contribution in [0, 0.1) is 0 Å². The molecule has 0 N–H and O–H groups in total. The Balaban J connectivity index is 1.31. The second kappa shape index (κ2) is 16.1. The van der Waals surface area contributed by atoms with E-state index in [-0.39, 0.29) is 22.6 Å². The summed E-state index contributed by atoms with van der Waals surface area (Å²) in [6.07, 6.45) is 12.6. The largest absolute Gasteiger partial charge is 0.530 e. The first-order valence-electron chi connectivity index (χ1n) is 14.2. The zero-order valence-corrected chi connectivity index (χ0v) is 27.0. The van der Waals surface area contributed by atoms with Gasteiger partial charge in [-0.15, -0.1) is 0 Å². The van der Waals surface area contributed by atoms with Gasteiger partial charge in [-0.05, 0) is 72.8 Å². The number of benzene rings is 2. The highest BCUT2D eigenvalue weighted by molar-refractivity contribution is 7.43. The van der Waals surface area contributed by atoms with Crippen molar-refractivity contribution in [1.29, 1.82) is 0 Å². The third-order valence-electron chi connectivity index (χ3n) is 6.17. The second-order valence-corrected chi connectivity index (χ2v) is 11.4. The minimum absolute atomic E-state index is 0.147. The molecule has 12 nitrogen and oxygen atoms in total. The van der Waals surface area contributed by atoms with Gasteiger partial charge < -0.3 is 31.9 Å². The molecule has 4 heterocycles. The summed E-state index contributed by atoms with van der Waals surface area (Å²) in [6, 6.07) is 25.3. The van der Waals surface area contributed by atoms with E-state index in [2.05, 4.69) is 19.9 Å². The summed E-state index contributed by atoms with van der Waals surface area (Å²) in [5.74, 6) is 2.02. The molecule has 240 valence electrons. The summed E-state index contributed by atoms with van der Waals surface area (Å²) in [6.45, 7) is 0. The molecule has 48 heavy (non-hydrogen) atoms. The van der Waals surface area contributed by atoms with Gasteiger partial charge in [-0.25, -0.2) is 0 Å². The predicted molar refractivity (Wildman–Crippen MR) is 177 cm³/mol. The van der Waals surface area contributed by atoms with Gasteiger partial charge in [0.2, 0.25) is 5.78 Å². The third-order valence-corrected chi connectivity index (χ3v) is 8.30. The number of hydrogen-bond acceptors (Lipinski definition) is 12. The normalized spacial score (nSPS) is 10.6. The van der Waals surface area contributed by atoms with Gasteiger partial charge in [0.25, 0.3) is 0 Å². The van der Waals surface area contributed by atoms with Gasteiger partial charge in [-0.2, -0.15) is 0 Å². The molecule has 0 saturated heterocycles. The molecule has 0 radical (unpaired) electrons. The summed E-state index contributed by atoms with van der Waals surface area (Å²) >= 11 is 0. The van der Waals surface area contributed by atoms with Crippen LogP contribution in [-0.4, -0.2) is 32.8 Å². The Bertz CT molecular complexity index is 1830. The number of hydrogen-bond donors (Lipinski definition) is 0. The van der Waals surface area contributed by atoms with Crippen molar-refractivity contribution >= 4 is 23.0 Å². The average molecular weight is 681 g/mol. The third kappa shape index (κ3) is 8.70. The predicted octanol–water partition coefficient (Wildman–Crippen LogP) is 8.03. The molecule has 6 aromatic rings. The van der Waals surface area contributed by atoms with Gasteiger partial charge in [0.15, 0.2) is 0 Å². The average Bonchev–Trinajstić information content (AvgIpc) is 3.13. The van der Waals surface area contributed by atoms with Crippen molar-refractivity contribution < 1.29 is 36.7 Å². The first-order chi connectivity index (χ1) is 23.6. The molecule has 0 aliphatic carbocycles. The Morgan fingerprint density at radius 3 is 1.35 bits per heavy atom. The van der Waals surface area contributed by atoms with Gasteiger partial charge in [-0.3, -0.25) is 24.7 Å². The van der Waals surface area contributed by atoms with Gasteiger partial charge in [0.05, 0.1) is 43.0 Å². The molecule has 0 unspecified atom stereocenters. The zero-order chi connectivity index (χ0) is 33.0. The summed E-state index contributed by atoms with van der Waals surface area (Å²) in [4.78, 5) is 30.7. The van der Waals surface area contributed by atoms with E-state index >= 15 is 0 Å². The van der Waals surface area contributed by atoms with Gasteiger partial charge in [0.1, 0.15) is 40.2 Å². The van der Waals surface area contributed by atoms with Crippen molar-refractivity contribution in [3.05, 3.63) is 152 Å². The van der Waals surface area contributed by atoms with Crippen LogP contribution in [-0.2, 0) is 0 Å². The van der Waals surface area contributed by atoms with Crippen molar-refractivity contribution in [1.82, 2.24) is 19.9 Å². The van der Waals surface area contributed by atoms with Crippen LogP contribution in [0.15, 0.2) is 141 Å². The lowest BCUT2D eigenvalue weighted by atomic mass is 10.0. The van der Waals surface area contributed by atoms with Crippen molar-refractivity contribution in [2.75, 3.05) is 7.11 Å². The molecule has 6 rings (SSSR count). The summed E-state index contributed by atoms with van der Waals surface area (Å²) < 4.78 is 42.1. The molecule has 0 amide bonds. The SMILES string of the molecule is COc1ccc(C(=O)c2ccccc2OP(Oc2cccnc2)Oc2cccnc2)c(OP(Oc2cccnc2)Oc2cccnc2)c1. The highest BCUT2D eigenvalue weighted by Crippen LogP contribution is 2.46. The number of pyridine rings is 4. The minimum Gasteiger partial charge on any atom is -0.497 e. The molecular formula is C34H26N4O8P2. The number of nitrogens with zero attached hydrogens (tertiary/aromatic N) is 4. The first kappa shape index (κ1) is 32.1. The summed E-state index contributed by atoms with van der Waals surface area (Å²) in [5.41, 5.74) is 0.407. The fraction of sp³-hybridized carbons (Fsp3) is 0.0294. The molecule has 0 aliphatic heterocycles. The van der Waals surface area contributed by atoms with Crippen LogP contribution >= 0.6 is 17.2 Å². The Morgan fingerprint density at radius 1 is 0.479 bits per heavy atom. The number of carbonyl (C=O) groups is 1. The monoisotopic (exact) mass is 680 g/mol. The maximum atomic E-state index is 14.3.